The number of esters is 1. The molecule has 2 aliphatic heterocycles. The summed E-state index contributed by atoms with van der Waals surface area (Å²) in [6, 6.07) is 5.08. The molecule has 1 N–H and O–H groups in total. The molecule has 0 saturated carbocycles. The van der Waals surface area contributed by atoms with E-state index >= 15 is 0 Å². The summed E-state index contributed by atoms with van der Waals surface area (Å²) in [5.41, 5.74) is 0.959. The summed E-state index contributed by atoms with van der Waals surface area (Å²) >= 11 is 1.12. The Morgan fingerprint density at radius 3 is 2.56 bits per heavy atom. The molecule has 1 amide bonds. The Kier molecular flexibility index (Phi) is 6.57. The van der Waals surface area contributed by atoms with Gasteiger partial charge in [-0.1, -0.05) is 6.92 Å². The maximum Gasteiger partial charge on any atom is 0.355 e. The monoisotopic (exact) mass is 575 g/mol. The summed E-state index contributed by atoms with van der Waals surface area (Å²) in [4.78, 5) is 43.2. The first kappa shape index (κ1) is 26.9. The van der Waals surface area contributed by atoms with Crippen LogP contribution in [0.4, 0.5) is 5.69 Å². The molecule has 0 aliphatic carbocycles. The van der Waals surface area contributed by atoms with Crippen LogP contribution >= 0.6 is 11.3 Å². The van der Waals surface area contributed by atoms with Gasteiger partial charge in [-0.05, 0) is 24.6 Å². The third-order valence-electron chi connectivity index (χ3n) is 7.05. The molecular formula is C24H25N5O8S2. The molecule has 1 aromatic carbocycles. The van der Waals surface area contributed by atoms with Crippen molar-refractivity contribution < 1.29 is 32.8 Å². The largest absolute Gasteiger partial charge is 0.456 e. The van der Waals surface area contributed by atoms with Crippen LogP contribution in [0.25, 0.3) is 10.4 Å². The average molecular weight is 576 g/mol. The summed E-state index contributed by atoms with van der Waals surface area (Å²) in [6.07, 6.45) is 2.10. The van der Waals surface area contributed by atoms with Crippen molar-refractivity contribution in [3.8, 4) is 0 Å². The predicted octanol–water partition coefficient (Wildman–Crippen LogP) is 1.87. The Balaban J connectivity index is 1.54. The number of hydrogen-bond acceptors (Lipinski definition) is 10. The number of sulfonamides is 1. The number of ether oxygens (including phenoxy) is 1. The van der Waals surface area contributed by atoms with Crippen molar-refractivity contribution in [3.05, 3.63) is 63.0 Å². The molecule has 13 nitrogen and oxygen atoms in total. The summed E-state index contributed by atoms with van der Waals surface area (Å²) in [5.74, 6) is -2.24. The van der Waals surface area contributed by atoms with Crippen molar-refractivity contribution in [1.82, 2.24) is 18.6 Å². The highest BCUT2D eigenvalue weighted by atomic mass is 32.2. The second-order valence-electron chi connectivity index (χ2n) is 9.66. The number of thiazole rings is 1. The fraction of sp³-hybridized carbons (Fsp3) is 0.375. The molecular weight excluding hydrogens is 550 g/mol. The standard InChI is InChI=1S/C24H25N5O8S2/c1-12-17(16-9-27-11-25-21(23(27)38-16)39(35,36)26(3)4)20(28-19(12)18(13(2)30)22(28)31)24(32)37-10-14-5-7-15(8-6-14)29(33)34/h5-9,11-13,18-19,30H,10H2,1-4H3/t12-,13+,18+,19+/m0/s1. The van der Waals surface area contributed by atoms with Crippen molar-refractivity contribution >= 4 is 49.3 Å². The van der Waals surface area contributed by atoms with E-state index in [9.17, 15) is 33.2 Å². The number of non-ortho nitro benzene ring substituents is 1. The molecule has 3 aromatic rings. The van der Waals surface area contributed by atoms with Crippen LogP contribution in [0.2, 0.25) is 0 Å². The molecule has 0 spiro atoms. The number of hydrogen-bond donors (Lipinski definition) is 1. The number of nitro benzene ring substituents is 1. The van der Waals surface area contributed by atoms with Crippen molar-refractivity contribution in [1.29, 1.82) is 0 Å². The normalized spacial score (nSPS) is 21.8. The van der Waals surface area contributed by atoms with E-state index in [1.165, 1.54) is 56.5 Å². The molecule has 4 atom stereocenters. The van der Waals surface area contributed by atoms with E-state index in [1.807, 2.05) is 6.92 Å². The molecule has 5 rings (SSSR count). The fourth-order valence-corrected chi connectivity index (χ4v) is 7.47. The number of aliphatic hydroxyl groups excluding tert-OH is 1. The van der Waals surface area contributed by atoms with Crippen LogP contribution in [0.15, 0.2) is 47.5 Å². The predicted molar refractivity (Wildman–Crippen MR) is 139 cm³/mol. The van der Waals surface area contributed by atoms with Gasteiger partial charge in [-0.25, -0.2) is 22.5 Å². The summed E-state index contributed by atoms with van der Waals surface area (Å²) in [7, 11) is -1.02. The Hall–Kier alpha value is -3.66. The maximum atomic E-state index is 13.4. The van der Waals surface area contributed by atoms with Gasteiger partial charge in [0.05, 0.1) is 27.9 Å². The molecule has 1 fully saturated rings. The highest BCUT2D eigenvalue weighted by Gasteiger charge is 2.60. The Bertz CT molecular complexity index is 1640. The number of aromatic nitrogens is 2. The van der Waals surface area contributed by atoms with E-state index in [1.54, 1.807) is 10.6 Å². The number of amides is 1. The average Bonchev–Trinajstić information content (AvgIpc) is 3.52. The van der Waals surface area contributed by atoms with E-state index < -0.39 is 44.9 Å². The van der Waals surface area contributed by atoms with E-state index in [4.69, 9.17) is 4.74 Å². The Labute approximate surface area is 227 Å². The minimum atomic E-state index is -3.84. The van der Waals surface area contributed by atoms with Crippen molar-refractivity contribution in [2.24, 2.45) is 11.8 Å². The summed E-state index contributed by atoms with van der Waals surface area (Å²) in [5, 5.41) is 21.0. The van der Waals surface area contributed by atoms with E-state index in [2.05, 4.69) is 4.98 Å². The van der Waals surface area contributed by atoms with Crippen molar-refractivity contribution in [3.63, 3.8) is 0 Å². The van der Waals surface area contributed by atoms with Crippen molar-refractivity contribution in [2.75, 3.05) is 14.1 Å². The Morgan fingerprint density at radius 2 is 1.97 bits per heavy atom. The smallest absolute Gasteiger partial charge is 0.355 e. The third kappa shape index (κ3) is 4.21. The zero-order valence-corrected chi connectivity index (χ0v) is 23.0. The van der Waals surface area contributed by atoms with E-state index in [-0.39, 0.29) is 28.9 Å². The van der Waals surface area contributed by atoms with Gasteiger partial charge in [0.2, 0.25) is 10.9 Å². The van der Waals surface area contributed by atoms with Crippen LogP contribution in [0.3, 0.4) is 0 Å². The number of rotatable bonds is 8. The highest BCUT2D eigenvalue weighted by Crippen LogP contribution is 2.52. The molecule has 0 unspecified atom stereocenters. The number of fused-ring (bicyclic) bond motifs is 2. The fourth-order valence-electron chi connectivity index (χ4n) is 5.07. The lowest BCUT2D eigenvalue weighted by atomic mass is 9.77. The number of nitrogens with zero attached hydrogens (tertiary/aromatic N) is 5. The van der Waals surface area contributed by atoms with Crippen LogP contribution < -0.4 is 0 Å². The molecule has 2 aliphatic rings. The summed E-state index contributed by atoms with van der Waals surface area (Å²) < 4.78 is 33.7. The van der Waals surface area contributed by atoms with Gasteiger partial charge < -0.3 is 14.7 Å². The molecule has 2 aromatic heterocycles. The van der Waals surface area contributed by atoms with Crippen LogP contribution in [0.1, 0.15) is 24.3 Å². The number of nitro groups is 1. The molecule has 15 heteroatoms. The maximum absolute atomic E-state index is 13.4. The number of benzene rings is 1. The van der Waals surface area contributed by atoms with Crippen LogP contribution in [0, 0.1) is 22.0 Å². The number of carbonyl (C=O) groups excluding carboxylic acids is 2. The first-order chi connectivity index (χ1) is 18.3. The summed E-state index contributed by atoms with van der Waals surface area (Å²) in [6.45, 7) is 3.18. The topological polar surface area (TPSA) is 165 Å². The van der Waals surface area contributed by atoms with Gasteiger partial charge in [-0.15, -0.1) is 11.3 Å². The molecule has 1 saturated heterocycles. The minimum Gasteiger partial charge on any atom is -0.456 e. The molecule has 206 valence electrons. The lowest BCUT2D eigenvalue weighted by Crippen LogP contribution is -2.63. The SMILES string of the molecule is C[C@@H](O)[C@H]1C(=O)N2C(C(=O)OCc3ccc([N+](=O)[O-])cc3)=C(c3cn4cnc(S(=O)(=O)N(C)C)c4s3)[C@H](C)[C@H]12. The van der Waals surface area contributed by atoms with Gasteiger partial charge in [0.25, 0.3) is 15.7 Å². The molecule has 0 bridgehead atoms. The quantitative estimate of drug-likeness (QED) is 0.183. The van der Waals surface area contributed by atoms with Crippen LogP contribution in [-0.2, 0) is 31.0 Å². The van der Waals surface area contributed by atoms with E-state index in [0.717, 1.165) is 15.6 Å². The van der Waals surface area contributed by atoms with E-state index in [0.29, 0.717) is 20.8 Å². The first-order valence-electron chi connectivity index (χ1n) is 11.9. The highest BCUT2D eigenvalue weighted by molar-refractivity contribution is 7.89. The molecule has 0 radical (unpaired) electrons. The van der Waals surface area contributed by atoms with Crippen molar-refractivity contribution in [2.45, 2.75) is 37.6 Å². The van der Waals surface area contributed by atoms with Gasteiger partial charge in [-0.3, -0.25) is 19.3 Å². The Morgan fingerprint density at radius 1 is 1.31 bits per heavy atom. The van der Waals surface area contributed by atoms with Gasteiger partial charge in [0.1, 0.15) is 23.5 Å². The number of imidazole rings is 1. The number of aliphatic hydroxyl groups is 1. The van der Waals surface area contributed by atoms with Gasteiger partial charge in [-0.2, -0.15) is 0 Å². The lowest BCUT2D eigenvalue weighted by Gasteiger charge is -2.46. The number of β-lactam (4-membered cyclic amide) rings is 1. The zero-order chi connectivity index (χ0) is 28.4. The third-order valence-corrected chi connectivity index (χ3v) is 10.1. The molecule has 39 heavy (non-hydrogen) atoms. The minimum absolute atomic E-state index is 0.0331. The zero-order valence-electron chi connectivity index (χ0n) is 21.3. The first-order valence-corrected chi connectivity index (χ1v) is 14.2. The molecule has 4 heterocycles. The number of carbonyl (C=O) groups is 2. The van der Waals surface area contributed by atoms with Gasteiger partial charge >= 0.3 is 5.97 Å². The lowest BCUT2D eigenvalue weighted by molar-refractivity contribution is -0.384. The second kappa shape index (κ2) is 9.51. The van der Waals surface area contributed by atoms with Gasteiger partial charge in [0, 0.05) is 43.9 Å². The van der Waals surface area contributed by atoms with Crippen LogP contribution in [-0.4, -0.2) is 75.2 Å². The second-order valence-corrected chi connectivity index (χ2v) is 12.8. The van der Waals surface area contributed by atoms with Gasteiger partial charge in [0.15, 0.2) is 0 Å². The van der Waals surface area contributed by atoms with Crippen LogP contribution in [0.5, 0.6) is 0 Å².